The van der Waals surface area contributed by atoms with Crippen LogP contribution in [0, 0.1) is 16.7 Å². The van der Waals surface area contributed by atoms with Crippen LogP contribution < -0.4 is 10.6 Å². The Morgan fingerprint density at radius 2 is 1.72 bits per heavy atom. The molecule has 0 aliphatic heterocycles. The SMILES string of the molecule is CCNC(=O)NC12CC3CC(C)(CC(C)(C3)C1)C2. The number of nitrogens with one attached hydrogen (secondary N) is 2. The molecule has 3 heteroatoms. The molecule has 0 aromatic rings. The predicted octanol–water partition coefficient (Wildman–Crippen LogP) is 3.05. The van der Waals surface area contributed by atoms with E-state index in [1.807, 2.05) is 6.92 Å². The van der Waals surface area contributed by atoms with E-state index in [0.717, 1.165) is 5.92 Å². The van der Waals surface area contributed by atoms with E-state index in [9.17, 15) is 4.79 Å². The van der Waals surface area contributed by atoms with Crippen LogP contribution in [0.1, 0.15) is 59.3 Å². The molecule has 102 valence electrons. The molecule has 0 aromatic carbocycles. The molecular weight excluding hydrogens is 224 g/mol. The van der Waals surface area contributed by atoms with Crippen molar-refractivity contribution >= 4 is 6.03 Å². The van der Waals surface area contributed by atoms with Crippen molar-refractivity contribution in [2.24, 2.45) is 16.7 Å². The van der Waals surface area contributed by atoms with Gasteiger partial charge in [-0.2, -0.15) is 0 Å². The summed E-state index contributed by atoms with van der Waals surface area (Å²) in [6, 6.07) is 0.0339. The lowest BCUT2D eigenvalue weighted by Crippen LogP contribution is -2.66. The van der Waals surface area contributed by atoms with Crippen molar-refractivity contribution in [3.8, 4) is 0 Å². The lowest BCUT2D eigenvalue weighted by atomic mass is 9.43. The zero-order valence-electron chi connectivity index (χ0n) is 11.9. The first kappa shape index (κ1) is 12.3. The van der Waals surface area contributed by atoms with E-state index in [4.69, 9.17) is 0 Å². The van der Waals surface area contributed by atoms with E-state index in [-0.39, 0.29) is 11.6 Å². The smallest absolute Gasteiger partial charge is 0.315 e. The van der Waals surface area contributed by atoms with E-state index >= 15 is 0 Å². The highest BCUT2D eigenvalue weighted by atomic mass is 16.2. The van der Waals surface area contributed by atoms with Crippen LogP contribution in [0.2, 0.25) is 0 Å². The summed E-state index contributed by atoms with van der Waals surface area (Å²) in [5.74, 6) is 0.832. The molecule has 0 radical (unpaired) electrons. The van der Waals surface area contributed by atoms with Crippen molar-refractivity contribution in [1.29, 1.82) is 0 Å². The predicted molar refractivity (Wildman–Crippen MR) is 72.3 cm³/mol. The molecule has 4 bridgehead atoms. The van der Waals surface area contributed by atoms with Gasteiger partial charge in [0.05, 0.1) is 0 Å². The van der Waals surface area contributed by atoms with Gasteiger partial charge in [-0.3, -0.25) is 0 Å². The third-order valence-electron chi connectivity index (χ3n) is 5.34. The van der Waals surface area contributed by atoms with Crippen LogP contribution in [-0.2, 0) is 0 Å². The maximum absolute atomic E-state index is 11.9. The highest BCUT2D eigenvalue weighted by Crippen LogP contribution is 2.66. The zero-order chi connectivity index (χ0) is 13.0. The molecule has 0 spiro atoms. The highest BCUT2D eigenvalue weighted by molar-refractivity contribution is 5.74. The molecule has 2 amide bonds. The summed E-state index contributed by atoms with van der Waals surface area (Å²) in [7, 11) is 0. The van der Waals surface area contributed by atoms with E-state index in [1.165, 1.54) is 38.5 Å². The van der Waals surface area contributed by atoms with Gasteiger partial charge in [-0.1, -0.05) is 13.8 Å². The number of carbonyl (C=O) groups excluding carboxylic acids is 1. The molecule has 0 aromatic heterocycles. The van der Waals surface area contributed by atoms with Gasteiger partial charge in [0.15, 0.2) is 0 Å². The van der Waals surface area contributed by atoms with Crippen molar-refractivity contribution in [3.63, 3.8) is 0 Å². The standard InChI is InChI=1S/C15H26N2O/c1-4-16-12(18)17-15-7-11-5-13(2,9-15)8-14(3,6-11)10-15/h11H,4-10H2,1-3H3,(H2,16,17,18). The second-order valence-electron chi connectivity index (χ2n) is 7.89. The molecule has 2 N–H and O–H groups in total. The molecule has 2 unspecified atom stereocenters. The van der Waals surface area contributed by atoms with Crippen molar-refractivity contribution in [2.75, 3.05) is 6.54 Å². The monoisotopic (exact) mass is 250 g/mol. The fourth-order valence-corrected chi connectivity index (χ4v) is 6.03. The first-order valence-corrected chi connectivity index (χ1v) is 7.42. The van der Waals surface area contributed by atoms with Crippen molar-refractivity contribution < 1.29 is 4.79 Å². The summed E-state index contributed by atoms with van der Waals surface area (Å²) in [5.41, 5.74) is 1.02. The fraction of sp³-hybridized carbons (Fsp3) is 0.933. The number of hydrogen-bond donors (Lipinski definition) is 2. The first-order chi connectivity index (χ1) is 8.36. The Morgan fingerprint density at radius 1 is 1.11 bits per heavy atom. The van der Waals surface area contributed by atoms with Crippen LogP contribution in [-0.4, -0.2) is 18.1 Å². The summed E-state index contributed by atoms with van der Waals surface area (Å²) < 4.78 is 0. The molecule has 18 heavy (non-hydrogen) atoms. The van der Waals surface area contributed by atoms with E-state index < -0.39 is 0 Å². The summed E-state index contributed by atoms with van der Waals surface area (Å²) >= 11 is 0. The Labute approximate surface area is 110 Å². The Morgan fingerprint density at radius 3 is 2.22 bits per heavy atom. The van der Waals surface area contributed by atoms with Crippen LogP contribution in [0.3, 0.4) is 0 Å². The van der Waals surface area contributed by atoms with Crippen LogP contribution >= 0.6 is 0 Å². The van der Waals surface area contributed by atoms with E-state index in [2.05, 4.69) is 24.5 Å². The topological polar surface area (TPSA) is 41.1 Å². The Balaban J connectivity index is 1.82. The van der Waals surface area contributed by atoms with E-state index in [0.29, 0.717) is 17.4 Å². The number of amides is 2. The van der Waals surface area contributed by atoms with Gasteiger partial charge in [-0.15, -0.1) is 0 Å². The first-order valence-electron chi connectivity index (χ1n) is 7.42. The fourth-order valence-electron chi connectivity index (χ4n) is 6.03. The maximum Gasteiger partial charge on any atom is 0.315 e. The Bertz CT molecular complexity index is 361. The third kappa shape index (κ3) is 1.92. The Hall–Kier alpha value is -0.730. The molecule has 4 aliphatic rings. The van der Waals surface area contributed by atoms with Gasteiger partial charge in [0.1, 0.15) is 0 Å². The van der Waals surface area contributed by atoms with Crippen molar-refractivity contribution in [3.05, 3.63) is 0 Å². The molecule has 4 rings (SSSR count). The zero-order valence-corrected chi connectivity index (χ0v) is 11.9. The molecule has 0 saturated heterocycles. The minimum atomic E-state index is 0.0339. The normalized spacial score (nSPS) is 49.2. The Kier molecular flexibility index (Phi) is 2.49. The molecule has 3 nitrogen and oxygen atoms in total. The maximum atomic E-state index is 11.9. The molecule has 0 heterocycles. The lowest BCUT2D eigenvalue weighted by Gasteiger charge is -2.65. The molecule has 4 aliphatic carbocycles. The van der Waals surface area contributed by atoms with Gasteiger partial charge in [0, 0.05) is 12.1 Å². The quantitative estimate of drug-likeness (QED) is 0.777. The van der Waals surface area contributed by atoms with Crippen LogP contribution in [0.5, 0.6) is 0 Å². The lowest BCUT2D eigenvalue weighted by molar-refractivity contribution is -0.113. The number of rotatable bonds is 2. The number of hydrogen-bond acceptors (Lipinski definition) is 1. The van der Waals surface area contributed by atoms with Crippen LogP contribution in [0.15, 0.2) is 0 Å². The summed E-state index contributed by atoms with van der Waals surface area (Å²) in [5, 5.41) is 6.22. The van der Waals surface area contributed by atoms with E-state index in [1.54, 1.807) is 0 Å². The number of urea groups is 1. The molecule has 2 atom stereocenters. The van der Waals surface area contributed by atoms with Gasteiger partial charge >= 0.3 is 6.03 Å². The minimum Gasteiger partial charge on any atom is -0.338 e. The minimum absolute atomic E-state index is 0.0339. The van der Waals surface area contributed by atoms with Crippen LogP contribution in [0.4, 0.5) is 4.79 Å². The summed E-state index contributed by atoms with van der Waals surface area (Å²) in [6.07, 6.45) is 7.68. The van der Waals surface area contributed by atoms with Gasteiger partial charge in [-0.05, 0) is 62.2 Å². The summed E-state index contributed by atoms with van der Waals surface area (Å²) in [6.45, 7) is 7.55. The molecule has 4 fully saturated rings. The van der Waals surface area contributed by atoms with Gasteiger partial charge in [0.2, 0.25) is 0 Å². The van der Waals surface area contributed by atoms with Gasteiger partial charge in [0.25, 0.3) is 0 Å². The average molecular weight is 250 g/mol. The van der Waals surface area contributed by atoms with Gasteiger partial charge < -0.3 is 10.6 Å². The number of carbonyl (C=O) groups is 1. The van der Waals surface area contributed by atoms with Crippen molar-refractivity contribution in [1.82, 2.24) is 10.6 Å². The third-order valence-corrected chi connectivity index (χ3v) is 5.34. The van der Waals surface area contributed by atoms with Crippen LogP contribution in [0.25, 0.3) is 0 Å². The second-order valence-corrected chi connectivity index (χ2v) is 7.89. The van der Waals surface area contributed by atoms with Crippen molar-refractivity contribution in [2.45, 2.75) is 64.8 Å². The largest absolute Gasteiger partial charge is 0.338 e. The van der Waals surface area contributed by atoms with Gasteiger partial charge in [-0.25, -0.2) is 4.79 Å². The highest BCUT2D eigenvalue weighted by Gasteiger charge is 2.60. The molecule has 4 saturated carbocycles. The molecular formula is C15H26N2O. The average Bonchev–Trinajstić information content (AvgIpc) is 2.09. The summed E-state index contributed by atoms with van der Waals surface area (Å²) in [4.78, 5) is 11.9. The second kappa shape index (κ2) is 3.64.